The van der Waals surface area contributed by atoms with Crippen LogP contribution in [0.15, 0.2) is 18.2 Å². The van der Waals surface area contributed by atoms with Crippen molar-refractivity contribution in [1.29, 1.82) is 0 Å². The first-order valence-electron chi connectivity index (χ1n) is 7.13. The van der Waals surface area contributed by atoms with Crippen molar-refractivity contribution in [3.8, 4) is 11.5 Å². The zero-order chi connectivity index (χ0) is 13.2. The summed E-state index contributed by atoms with van der Waals surface area (Å²) >= 11 is 0. The smallest absolute Gasteiger partial charge is 0.231 e. The molecule has 1 fully saturated rings. The Bertz CT molecular complexity index is 450. The van der Waals surface area contributed by atoms with Crippen molar-refractivity contribution < 1.29 is 9.47 Å². The minimum absolute atomic E-state index is 0.0464. The van der Waals surface area contributed by atoms with Crippen LogP contribution in [0, 0.1) is 5.92 Å². The predicted octanol–water partition coefficient (Wildman–Crippen LogP) is 2.15. The van der Waals surface area contributed by atoms with Crippen LogP contribution in [0.2, 0.25) is 0 Å². The first kappa shape index (κ1) is 12.8. The Balaban J connectivity index is 1.62. The van der Waals surface area contributed by atoms with Gasteiger partial charge >= 0.3 is 0 Å². The number of hydrogen-bond acceptors (Lipinski definition) is 4. The molecule has 0 saturated carbocycles. The van der Waals surface area contributed by atoms with Crippen molar-refractivity contribution in [3.63, 3.8) is 0 Å². The fourth-order valence-corrected chi connectivity index (χ4v) is 2.94. The summed E-state index contributed by atoms with van der Waals surface area (Å²) in [7, 11) is 0. The Morgan fingerprint density at radius 3 is 3.00 bits per heavy atom. The predicted molar refractivity (Wildman–Crippen MR) is 74.3 cm³/mol. The monoisotopic (exact) mass is 262 g/mol. The number of fused-ring (bicyclic) bond motifs is 1. The number of hydrogen-bond donors (Lipinski definition) is 1. The molecule has 1 aromatic carbocycles. The van der Waals surface area contributed by atoms with E-state index < -0.39 is 0 Å². The van der Waals surface area contributed by atoms with Gasteiger partial charge in [0, 0.05) is 19.1 Å². The molecular formula is C15H22N2O2. The zero-order valence-corrected chi connectivity index (χ0v) is 11.5. The summed E-state index contributed by atoms with van der Waals surface area (Å²) in [5, 5.41) is 0. The summed E-state index contributed by atoms with van der Waals surface area (Å²) in [6.45, 7) is 5.88. The Labute approximate surface area is 114 Å². The maximum atomic E-state index is 6.32. The lowest BCUT2D eigenvalue weighted by Crippen LogP contribution is -2.30. The third-order valence-corrected chi connectivity index (χ3v) is 4.23. The molecule has 104 valence electrons. The zero-order valence-electron chi connectivity index (χ0n) is 11.5. The van der Waals surface area contributed by atoms with Gasteiger partial charge < -0.3 is 20.1 Å². The highest BCUT2D eigenvalue weighted by Crippen LogP contribution is 2.34. The molecule has 3 rings (SSSR count). The van der Waals surface area contributed by atoms with Gasteiger partial charge in [-0.05, 0) is 36.6 Å². The van der Waals surface area contributed by atoms with E-state index >= 15 is 0 Å². The van der Waals surface area contributed by atoms with Crippen LogP contribution in [0.3, 0.4) is 0 Å². The van der Waals surface area contributed by atoms with Crippen molar-refractivity contribution >= 4 is 0 Å². The fourth-order valence-electron chi connectivity index (χ4n) is 2.94. The molecular weight excluding hydrogens is 240 g/mol. The van der Waals surface area contributed by atoms with Gasteiger partial charge in [-0.15, -0.1) is 0 Å². The van der Waals surface area contributed by atoms with Gasteiger partial charge in [-0.25, -0.2) is 0 Å². The van der Waals surface area contributed by atoms with E-state index in [1.165, 1.54) is 25.9 Å². The van der Waals surface area contributed by atoms with Gasteiger partial charge in [0.25, 0.3) is 0 Å². The quantitative estimate of drug-likeness (QED) is 0.903. The highest BCUT2D eigenvalue weighted by Gasteiger charge is 2.23. The summed E-state index contributed by atoms with van der Waals surface area (Å²) < 4.78 is 10.7. The van der Waals surface area contributed by atoms with Crippen molar-refractivity contribution in [3.05, 3.63) is 23.8 Å². The van der Waals surface area contributed by atoms with Crippen LogP contribution in [-0.4, -0.2) is 31.3 Å². The lowest BCUT2D eigenvalue weighted by Gasteiger charge is -2.21. The van der Waals surface area contributed by atoms with Crippen LogP contribution in [0.5, 0.6) is 11.5 Å². The van der Waals surface area contributed by atoms with Crippen LogP contribution in [0.4, 0.5) is 0 Å². The van der Waals surface area contributed by atoms with Crippen molar-refractivity contribution in [2.45, 2.75) is 25.8 Å². The average molecular weight is 262 g/mol. The molecule has 0 aromatic heterocycles. The van der Waals surface area contributed by atoms with Crippen LogP contribution in [-0.2, 0) is 0 Å². The van der Waals surface area contributed by atoms with Gasteiger partial charge in [-0.2, -0.15) is 0 Å². The molecule has 19 heavy (non-hydrogen) atoms. The molecule has 0 amide bonds. The van der Waals surface area contributed by atoms with Crippen LogP contribution >= 0.6 is 0 Å². The molecule has 2 N–H and O–H groups in total. The second-order valence-electron chi connectivity index (χ2n) is 5.54. The standard InChI is InChI=1S/C15H22N2O2/c1-2-11-5-6-17(8-11)9-13(16)12-3-4-14-15(7-12)19-10-18-14/h3-4,7,11,13H,2,5-6,8-10,16H2,1H3. The van der Waals surface area contributed by atoms with Gasteiger partial charge in [0.15, 0.2) is 11.5 Å². The SMILES string of the molecule is CCC1CCN(CC(N)c2ccc3c(c2)OCO3)C1. The van der Waals surface area contributed by atoms with E-state index in [9.17, 15) is 0 Å². The molecule has 4 nitrogen and oxygen atoms in total. The Kier molecular flexibility index (Phi) is 3.62. The number of nitrogens with two attached hydrogens (primary N) is 1. The fraction of sp³-hybridized carbons (Fsp3) is 0.600. The molecule has 1 aromatic rings. The minimum Gasteiger partial charge on any atom is -0.454 e. The third kappa shape index (κ3) is 2.69. The maximum absolute atomic E-state index is 6.32. The van der Waals surface area contributed by atoms with E-state index in [1.807, 2.05) is 18.2 Å². The van der Waals surface area contributed by atoms with Crippen LogP contribution in [0.25, 0.3) is 0 Å². The van der Waals surface area contributed by atoms with Crippen LogP contribution in [0.1, 0.15) is 31.4 Å². The van der Waals surface area contributed by atoms with E-state index in [0.717, 1.165) is 29.5 Å². The highest BCUT2D eigenvalue weighted by atomic mass is 16.7. The molecule has 2 atom stereocenters. The molecule has 2 aliphatic heterocycles. The van der Waals surface area contributed by atoms with Gasteiger partial charge in [0.1, 0.15) is 0 Å². The molecule has 2 heterocycles. The maximum Gasteiger partial charge on any atom is 0.231 e. The summed E-state index contributed by atoms with van der Waals surface area (Å²) in [6.07, 6.45) is 2.58. The molecule has 0 spiro atoms. The summed E-state index contributed by atoms with van der Waals surface area (Å²) in [4.78, 5) is 2.48. The second kappa shape index (κ2) is 5.39. The first-order chi connectivity index (χ1) is 9.26. The summed E-state index contributed by atoms with van der Waals surface area (Å²) in [5.74, 6) is 2.49. The van der Waals surface area contributed by atoms with Crippen molar-refractivity contribution in [1.82, 2.24) is 4.90 Å². The normalized spacial score (nSPS) is 23.8. The molecule has 0 bridgehead atoms. The molecule has 2 unspecified atom stereocenters. The van der Waals surface area contributed by atoms with E-state index in [4.69, 9.17) is 15.2 Å². The number of ether oxygens (including phenoxy) is 2. The van der Waals surface area contributed by atoms with Gasteiger partial charge in [0.2, 0.25) is 6.79 Å². The third-order valence-electron chi connectivity index (χ3n) is 4.23. The van der Waals surface area contributed by atoms with Gasteiger partial charge in [-0.1, -0.05) is 19.4 Å². The Morgan fingerprint density at radius 1 is 1.37 bits per heavy atom. The molecule has 1 saturated heterocycles. The first-order valence-corrected chi connectivity index (χ1v) is 7.13. The number of likely N-dealkylation sites (tertiary alicyclic amines) is 1. The minimum atomic E-state index is 0.0464. The topological polar surface area (TPSA) is 47.7 Å². The Morgan fingerprint density at radius 2 is 2.21 bits per heavy atom. The van der Waals surface area contributed by atoms with Crippen molar-refractivity contribution in [2.75, 3.05) is 26.4 Å². The number of nitrogens with zero attached hydrogens (tertiary/aromatic N) is 1. The molecule has 0 radical (unpaired) electrons. The van der Waals surface area contributed by atoms with Crippen molar-refractivity contribution in [2.24, 2.45) is 11.7 Å². The summed E-state index contributed by atoms with van der Waals surface area (Å²) in [5.41, 5.74) is 7.45. The van der Waals surface area contributed by atoms with E-state index in [-0.39, 0.29) is 6.04 Å². The molecule has 0 aliphatic carbocycles. The van der Waals surface area contributed by atoms with E-state index in [2.05, 4.69) is 11.8 Å². The van der Waals surface area contributed by atoms with E-state index in [1.54, 1.807) is 0 Å². The van der Waals surface area contributed by atoms with Gasteiger partial charge in [-0.3, -0.25) is 0 Å². The second-order valence-corrected chi connectivity index (χ2v) is 5.54. The highest BCUT2D eigenvalue weighted by molar-refractivity contribution is 5.45. The summed E-state index contributed by atoms with van der Waals surface area (Å²) in [6, 6.07) is 6.06. The van der Waals surface area contributed by atoms with Crippen LogP contribution < -0.4 is 15.2 Å². The van der Waals surface area contributed by atoms with Gasteiger partial charge in [0.05, 0.1) is 0 Å². The lowest BCUT2D eigenvalue weighted by atomic mass is 10.1. The van der Waals surface area contributed by atoms with E-state index in [0.29, 0.717) is 6.79 Å². The number of rotatable bonds is 4. The molecule has 2 aliphatic rings. The average Bonchev–Trinajstić information content (AvgIpc) is 3.05. The number of benzene rings is 1. The largest absolute Gasteiger partial charge is 0.454 e. The molecule has 4 heteroatoms. The Hall–Kier alpha value is -1.26. The lowest BCUT2D eigenvalue weighted by molar-refractivity contribution is 0.174.